The third kappa shape index (κ3) is 1.92. The number of carbonyl (C=O) groups is 2. The summed E-state index contributed by atoms with van der Waals surface area (Å²) in [6.07, 6.45) is 0. The summed E-state index contributed by atoms with van der Waals surface area (Å²) in [5.41, 5.74) is -2.14. The molecular formula is C11H12Cl2O2S. The molecule has 0 saturated heterocycles. The van der Waals surface area contributed by atoms with Gasteiger partial charge in [-0.15, -0.1) is 11.3 Å². The van der Waals surface area contributed by atoms with Crippen molar-refractivity contribution < 1.29 is 9.59 Å². The summed E-state index contributed by atoms with van der Waals surface area (Å²) in [5.74, 6) is 0. The van der Waals surface area contributed by atoms with Crippen LogP contribution in [0.2, 0.25) is 0 Å². The first kappa shape index (κ1) is 13.7. The number of thiophene rings is 1. The van der Waals surface area contributed by atoms with Crippen LogP contribution in [0.25, 0.3) is 0 Å². The zero-order valence-electron chi connectivity index (χ0n) is 9.21. The third-order valence-electron chi connectivity index (χ3n) is 2.61. The Bertz CT molecular complexity index is 390. The standard InChI is InChI=1S/C11H12Cl2O2S/c1-10(2,3)11(8(12)14,9(13)15)7-5-4-6-16-7/h4-6H,1-3H3. The number of hydrogen-bond donors (Lipinski definition) is 0. The van der Waals surface area contributed by atoms with E-state index < -0.39 is 21.3 Å². The van der Waals surface area contributed by atoms with Crippen molar-refractivity contribution in [1.82, 2.24) is 0 Å². The van der Waals surface area contributed by atoms with Crippen LogP contribution < -0.4 is 0 Å². The van der Waals surface area contributed by atoms with Crippen LogP contribution in [0.15, 0.2) is 17.5 Å². The van der Waals surface area contributed by atoms with E-state index in [0.29, 0.717) is 4.88 Å². The van der Waals surface area contributed by atoms with Gasteiger partial charge < -0.3 is 0 Å². The van der Waals surface area contributed by atoms with Crippen LogP contribution >= 0.6 is 34.5 Å². The van der Waals surface area contributed by atoms with E-state index in [9.17, 15) is 9.59 Å². The molecule has 1 aromatic rings. The molecule has 5 heteroatoms. The second kappa shape index (κ2) is 4.47. The van der Waals surface area contributed by atoms with E-state index in [1.807, 2.05) is 0 Å². The predicted octanol–water partition coefficient (Wildman–Crippen LogP) is 3.56. The highest BCUT2D eigenvalue weighted by Gasteiger charge is 2.55. The van der Waals surface area contributed by atoms with Gasteiger partial charge in [0, 0.05) is 4.88 Å². The van der Waals surface area contributed by atoms with E-state index >= 15 is 0 Å². The molecule has 0 radical (unpaired) electrons. The molecule has 1 heterocycles. The van der Waals surface area contributed by atoms with Crippen LogP contribution in [0, 0.1) is 5.41 Å². The van der Waals surface area contributed by atoms with Gasteiger partial charge in [0.15, 0.2) is 5.41 Å². The molecule has 0 aliphatic rings. The highest BCUT2D eigenvalue weighted by atomic mass is 35.5. The fourth-order valence-corrected chi connectivity index (χ4v) is 3.95. The Hall–Kier alpha value is -0.380. The Morgan fingerprint density at radius 3 is 1.94 bits per heavy atom. The monoisotopic (exact) mass is 278 g/mol. The number of carbonyl (C=O) groups excluding carboxylic acids is 2. The molecule has 0 unspecified atom stereocenters. The zero-order chi connectivity index (χ0) is 12.6. The Labute approximate surface area is 109 Å². The maximum atomic E-state index is 11.7. The molecule has 0 N–H and O–H groups in total. The molecule has 0 fully saturated rings. The van der Waals surface area contributed by atoms with Gasteiger partial charge in [-0.05, 0) is 40.1 Å². The first-order valence-corrected chi connectivity index (χ1v) is 6.32. The summed E-state index contributed by atoms with van der Waals surface area (Å²) in [6.45, 7) is 5.31. The summed E-state index contributed by atoms with van der Waals surface area (Å²) in [6, 6.07) is 3.47. The molecule has 0 aromatic carbocycles. The molecule has 2 nitrogen and oxygen atoms in total. The Balaban J connectivity index is 3.54. The van der Waals surface area contributed by atoms with Crippen molar-refractivity contribution in [3.05, 3.63) is 22.4 Å². The van der Waals surface area contributed by atoms with Gasteiger partial charge >= 0.3 is 0 Å². The smallest absolute Gasteiger partial charge is 0.242 e. The molecule has 88 valence electrons. The molecule has 0 amide bonds. The minimum absolute atomic E-state index is 0.583. The van der Waals surface area contributed by atoms with Crippen molar-refractivity contribution in [2.75, 3.05) is 0 Å². The molecule has 0 spiro atoms. The second-order valence-corrected chi connectivity index (χ2v) is 6.16. The Morgan fingerprint density at radius 2 is 1.69 bits per heavy atom. The van der Waals surface area contributed by atoms with Crippen molar-refractivity contribution in [3.8, 4) is 0 Å². The van der Waals surface area contributed by atoms with Crippen molar-refractivity contribution in [2.45, 2.75) is 26.2 Å². The normalized spacial score (nSPS) is 12.6. The van der Waals surface area contributed by atoms with Crippen molar-refractivity contribution in [1.29, 1.82) is 0 Å². The van der Waals surface area contributed by atoms with Gasteiger partial charge in [-0.25, -0.2) is 0 Å². The summed E-state index contributed by atoms with van der Waals surface area (Å²) in [5, 5.41) is 0.319. The lowest BCUT2D eigenvalue weighted by Crippen LogP contribution is -2.49. The molecule has 1 rings (SSSR count). The van der Waals surface area contributed by atoms with E-state index in [4.69, 9.17) is 23.2 Å². The largest absolute Gasteiger partial charge is 0.280 e. The van der Waals surface area contributed by atoms with E-state index in [0.717, 1.165) is 0 Å². The summed E-state index contributed by atoms with van der Waals surface area (Å²) < 4.78 is 0. The van der Waals surface area contributed by atoms with E-state index in [1.165, 1.54) is 11.3 Å². The predicted molar refractivity (Wildman–Crippen MR) is 67.2 cm³/mol. The van der Waals surface area contributed by atoms with Crippen LogP contribution in [0.5, 0.6) is 0 Å². The highest BCUT2D eigenvalue weighted by Crippen LogP contribution is 2.46. The van der Waals surface area contributed by atoms with Gasteiger partial charge in [0.1, 0.15) is 0 Å². The number of rotatable bonds is 3. The second-order valence-electron chi connectivity index (χ2n) is 4.52. The van der Waals surface area contributed by atoms with Crippen molar-refractivity contribution in [2.24, 2.45) is 5.41 Å². The number of halogens is 2. The fourth-order valence-electron chi connectivity index (χ4n) is 1.72. The molecule has 0 aliphatic carbocycles. The van der Waals surface area contributed by atoms with Gasteiger partial charge in [0.05, 0.1) is 0 Å². The minimum atomic E-state index is -1.47. The van der Waals surface area contributed by atoms with Crippen LogP contribution in [0.1, 0.15) is 25.6 Å². The Morgan fingerprint density at radius 1 is 1.19 bits per heavy atom. The average molecular weight is 279 g/mol. The molecule has 1 aromatic heterocycles. The first-order valence-electron chi connectivity index (χ1n) is 4.68. The molecule has 16 heavy (non-hydrogen) atoms. The van der Waals surface area contributed by atoms with Crippen LogP contribution in [-0.4, -0.2) is 10.5 Å². The van der Waals surface area contributed by atoms with Gasteiger partial charge in [-0.1, -0.05) is 26.8 Å². The fraction of sp³-hybridized carbons (Fsp3) is 0.455. The van der Waals surface area contributed by atoms with Crippen LogP contribution in [-0.2, 0) is 15.0 Å². The van der Waals surface area contributed by atoms with Crippen LogP contribution in [0.4, 0.5) is 0 Å². The summed E-state index contributed by atoms with van der Waals surface area (Å²) in [4.78, 5) is 24.0. The highest BCUT2D eigenvalue weighted by molar-refractivity contribution is 7.10. The van der Waals surface area contributed by atoms with Gasteiger partial charge in [-0.3, -0.25) is 9.59 Å². The molecule has 0 saturated carbocycles. The molecule has 0 atom stereocenters. The molecule has 0 bridgehead atoms. The SMILES string of the molecule is CC(C)(C)C(C(=O)Cl)(C(=O)Cl)c1cccs1. The van der Waals surface area contributed by atoms with Crippen LogP contribution in [0.3, 0.4) is 0 Å². The topological polar surface area (TPSA) is 34.1 Å². The number of hydrogen-bond acceptors (Lipinski definition) is 3. The van der Waals surface area contributed by atoms with Crippen molar-refractivity contribution in [3.63, 3.8) is 0 Å². The first-order chi connectivity index (χ1) is 7.24. The summed E-state index contributed by atoms with van der Waals surface area (Å²) >= 11 is 12.6. The van der Waals surface area contributed by atoms with E-state index in [1.54, 1.807) is 38.3 Å². The quantitative estimate of drug-likeness (QED) is 0.626. The Kier molecular flexibility index (Phi) is 3.83. The van der Waals surface area contributed by atoms with E-state index in [2.05, 4.69) is 0 Å². The lowest BCUT2D eigenvalue weighted by Gasteiger charge is -2.37. The average Bonchev–Trinajstić information content (AvgIpc) is 2.53. The van der Waals surface area contributed by atoms with Gasteiger partial charge in [0.2, 0.25) is 10.5 Å². The van der Waals surface area contributed by atoms with E-state index in [-0.39, 0.29) is 0 Å². The summed E-state index contributed by atoms with van der Waals surface area (Å²) in [7, 11) is 0. The molecular weight excluding hydrogens is 267 g/mol. The van der Waals surface area contributed by atoms with Gasteiger partial charge in [0.25, 0.3) is 0 Å². The zero-order valence-corrected chi connectivity index (χ0v) is 11.5. The molecule has 0 aliphatic heterocycles. The maximum absolute atomic E-state index is 11.7. The maximum Gasteiger partial charge on any atom is 0.242 e. The van der Waals surface area contributed by atoms with Crippen molar-refractivity contribution >= 4 is 45.0 Å². The minimum Gasteiger partial charge on any atom is -0.280 e. The lowest BCUT2D eigenvalue weighted by molar-refractivity contribution is -0.130. The lowest BCUT2D eigenvalue weighted by atomic mass is 9.67. The van der Waals surface area contributed by atoms with Gasteiger partial charge in [-0.2, -0.15) is 0 Å². The third-order valence-corrected chi connectivity index (χ3v) is 4.16.